The van der Waals surface area contributed by atoms with Crippen molar-refractivity contribution in [1.82, 2.24) is 43.7 Å². The van der Waals surface area contributed by atoms with Crippen LogP contribution in [0.1, 0.15) is 155 Å². The second-order valence-electron chi connectivity index (χ2n) is 37.3. The number of carbonyl (C=O) groups is 3. The summed E-state index contributed by atoms with van der Waals surface area (Å²) in [6.45, 7) is 42.2. The van der Waals surface area contributed by atoms with Crippen LogP contribution >= 0.6 is 69.6 Å². The summed E-state index contributed by atoms with van der Waals surface area (Å²) in [7, 11) is 5.72. The van der Waals surface area contributed by atoms with Crippen molar-refractivity contribution in [2.24, 2.45) is 14.1 Å². The summed E-state index contributed by atoms with van der Waals surface area (Å²) in [5.41, 5.74) is 34.0. The number of allylic oxidation sites excluding steroid dienone is 2. The maximum Gasteiger partial charge on any atom is 0.274 e. The van der Waals surface area contributed by atoms with E-state index in [0.29, 0.717) is 72.7 Å². The van der Waals surface area contributed by atoms with Crippen LogP contribution in [-0.4, -0.2) is 154 Å². The van der Waals surface area contributed by atoms with E-state index in [-0.39, 0.29) is 17.7 Å². The highest BCUT2D eigenvalue weighted by Gasteiger charge is 2.36. The van der Waals surface area contributed by atoms with Crippen LogP contribution in [-0.2, 0) is 65.5 Å². The molecule has 4 aromatic heterocycles. The Morgan fingerprint density at radius 1 is 0.417 bits per heavy atom. The van der Waals surface area contributed by atoms with Crippen LogP contribution in [0.4, 0.5) is 17.1 Å². The van der Waals surface area contributed by atoms with Gasteiger partial charge >= 0.3 is 0 Å². The summed E-state index contributed by atoms with van der Waals surface area (Å²) in [6, 6.07) is 47.7. The van der Waals surface area contributed by atoms with E-state index in [4.69, 9.17) is 103 Å². The van der Waals surface area contributed by atoms with Crippen LogP contribution < -0.4 is 29.7 Å². The topological polar surface area (TPSA) is 190 Å². The van der Waals surface area contributed by atoms with Crippen molar-refractivity contribution in [1.29, 1.82) is 0 Å². The SMILES string of the molecule is Cc1ccc(NC(=O)C2=C(CCCOc3cc(C)c(Cl)c(C)c3)c3ccc(Cl)c(-c4c(C)nn(CCN5CCOCC5)c4C)c3C2)cc1.Cc1cccc(N(C)C(=O)c2c(CCCOc3cc(C)c(Cl)c(C)c3)c3ccc(Cl)c(-c4c(C)nn(C)c4C)c3n2C)c1.Cc1cccc(NC(=O)C2=C(CCCOc3cc(C)c(Cl)c(C)c3)c3ccc(Cl)c(-c4c(C)nn(CCN5CCOCC5)c4C)c3C2)c1. The van der Waals surface area contributed by atoms with E-state index in [2.05, 4.69) is 74.7 Å². The van der Waals surface area contributed by atoms with Crippen LogP contribution in [0.5, 0.6) is 17.2 Å². The van der Waals surface area contributed by atoms with Gasteiger partial charge in [0.1, 0.15) is 22.9 Å². The molecule has 2 aliphatic carbocycles. The van der Waals surface area contributed by atoms with Crippen molar-refractivity contribution in [3.8, 4) is 50.6 Å². The van der Waals surface area contributed by atoms with Crippen LogP contribution in [0.15, 0.2) is 157 Å². The minimum Gasteiger partial charge on any atom is -0.494 e. The summed E-state index contributed by atoms with van der Waals surface area (Å²) in [5, 5.41) is 26.2. The molecule has 3 amide bonds. The van der Waals surface area contributed by atoms with Gasteiger partial charge in [0.05, 0.1) is 87.0 Å². The zero-order valence-corrected chi connectivity index (χ0v) is 87.7. The molecule has 2 saturated heterocycles. The maximum absolute atomic E-state index is 14.3. The van der Waals surface area contributed by atoms with Gasteiger partial charge in [-0.05, 0) is 317 Å². The van der Waals surface area contributed by atoms with Crippen LogP contribution in [0.25, 0.3) is 55.4 Å². The van der Waals surface area contributed by atoms with Crippen LogP contribution in [0, 0.1) is 104 Å². The van der Waals surface area contributed by atoms with Gasteiger partial charge in [-0.25, -0.2) is 0 Å². The Morgan fingerprint density at radius 2 is 0.820 bits per heavy atom. The summed E-state index contributed by atoms with van der Waals surface area (Å²) >= 11 is 40.1. The average Bonchev–Trinajstić information content (AvgIpc) is 1.57. The second-order valence-corrected chi connectivity index (χ2v) is 39.7. The van der Waals surface area contributed by atoms with Crippen molar-refractivity contribution >= 4 is 126 Å². The van der Waals surface area contributed by atoms with E-state index in [0.717, 1.165) is 326 Å². The first kappa shape index (κ1) is 102. The Kier molecular flexibility index (Phi) is 33.4. The molecule has 728 valence electrons. The molecule has 0 saturated carbocycles. The van der Waals surface area contributed by atoms with Gasteiger partial charge in [0.15, 0.2) is 0 Å². The van der Waals surface area contributed by atoms with E-state index in [9.17, 15) is 14.4 Å². The zero-order valence-electron chi connectivity index (χ0n) is 83.1. The number of rotatable bonds is 30. The van der Waals surface area contributed by atoms with E-state index < -0.39 is 0 Å². The Balaban J connectivity index is 0.000000158. The normalized spacial score (nSPS) is 13.8. The third-order valence-electron chi connectivity index (χ3n) is 27.3. The quantitative estimate of drug-likeness (QED) is 0.0405. The van der Waals surface area contributed by atoms with Crippen molar-refractivity contribution in [2.45, 2.75) is 168 Å². The summed E-state index contributed by atoms with van der Waals surface area (Å²) in [4.78, 5) is 48.8. The molecule has 4 aliphatic rings. The van der Waals surface area contributed by atoms with E-state index >= 15 is 0 Å². The number of ether oxygens (including phenoxy) is 5. The maximum atomic E-state index is 14.3. The van der Waals surface area contributed by atoms with E-state index in [1.54, 1.807) is 4.90 Å². The first-order valence-electron chi connectivity index (χ1n) is 48.0. The number of halogens is 6. The smallest absolute Gasteiger partial charge is 0.274 e. The van der Waals surface area contributed by atoms with Gasteiger partial charge in [-0.3, -0.25) is 38.2 Å². The molecule has 0 unspecified atom stereocenters. The number of fused-ring (bicyclic) bond motifs is 3. The molecule has 9 aromatic carbocycles. The third kappa shape index (κ3) is 23.1. The number of hydrogen-bond donors (Lipinski definition) is 2. The number of nitrogens with one attached hydrogen (secondary N) is 2. The van der Waals surface area contributed by atoms with Crippen molar-refractivity contribution in [2.75, 3.05) is 108 Å². The highest BCUT2D eigenvalue weighted by atomic mass is 35.5. The molecule has 0 radical (unpaired) electrons. The van der Waals surface area contributed by atoms with Gasteiger partial charge in [0.25, 0.3) is 17.7 Å². The molecule has 13 aromatic rings. The van der Waals surface area contributed by atoms with Crippen molar-refractivity contribution in [3.05, 3.63) is 305 Å². The number of benzene rings is 9. The lowest BCUT2D eigenvalue weighted by Crippen LogP contribution is -2.38. The first-order valence-corrected chi connectivity index (χ1v) is 50.2. The fourth-order valence-corrected chi connectivity index (χ4v) is 21.1. The molecular weight excluding hydrogens is 1870 g/mol. The lowest BCUT2D eigenvalue weighted by atomic mass is 9.93. The molecular formula is C113H126Cl6N12O8. The van der Waals surface area contributed by atoms with E-state index in [1.807, 2.05) is 240 Å². The Hall–Kier alpha value is -11.0. The molecule has 26 heteroatoms. The molecule has 2 aliphatic heterocycles. The lowest BCUT2D eigenvalue weighted by Gasteiger charge is -2.26. The molecule has 17 rings (SSSR count). The number of carbonyl (C=O) groups excluding carboxylic acids is 3. The van der Waals surface area contributed by atoms with Gasteiger partial charge in [-0.1, -0.05) is 130 Å². The predicted molar refractivity (Wildman–Crippen MR) is 569 cm³/mol. The highest BCUT2D eigenvalue weighted by molar-refractivity contribution is 6.36. The van der Waals surface area contributed by atoms with Crippen LogP contribution in [0.3, 0.4) is 0 Å². The minimum absolute atomic E-state index is 0.0779. The minimum atomic E-state index is -0.0911. The van der Waals surface area contributed by atoms with Gasteiger partial charge in [0, 0.05) is 182 Å². The predicted octanol–water partition coefficient (Wildman–Crippen LogP) is 25.8. The largest absolute Gasteiger partial charge is 0.494 e. The monoisotopic (exact) mass is 1990 g/mol. The highest BCUT2D eigenvalue weighted by Crippen LogP contribution is 2.50. The van der Waals surface area contributed by atoms with Crippen molar-refractivity contribution in [3.63, 3.8) is 0 Å². The fraction of sp³-hybridized carbons (Fsp3) is 0.363. The average molecular weight is 1990 g/mol. The number of aryl methyl sites for hydroxylation is 15. The van der Waals surface area contributed by atoms with Crippen molar-refractivity contribution < 1.29 is 38.1 Å². The Bertz CT molecular complexity index is 6820. The standard InChI is InChI=1S/2C39H44Cl2N4O3.C35H38Cl2N4O2/c1-24-8-6-9-29(20-24)42-39(46)34-23-33-32(31(34)10-7-17-48-30-21-25(2)38(41)26(3)22-30)11-12-35(40)37(33)36-27(4)43-45(28(36)5)14-13-44-15-18-47-19-16-44;1-24-8-10-29(11-9-24)42-39(46)34-23-33-32(31(34)7-6-18-48-30-21-25(2)38(41)26(3)22-30)12-13-35(40)37(33)36-27(4)43-45(28(36)5)15-14-44-16-19-47-20-17-44;1-20-11-9-12-25(17-20)39(6)35(42)34-27(13-10-16-43-26-18-21(2)32(37)22(3)19-26)28-14-15-29(36)31(33(28)40(34)7)30-23(4)38-41(8)24(30)5/h6,8-9,11-12,20-22H,7,10,13-19,23H2,1-5H3,(H,42,46);8-13,21-22H,6-7,14-20,23H2,1-5H3,(H,42,46);9,11-12,14-15,17-19H,10,13,16H2,1-8H3. The molecule has 0 bridgehead atoms. The Labute approximate surface area is 847 Å². The first-order chi connectivity index (χ1) is 66.6. The second kappa shape index (κ2) is 45.3. The molecule has 139 heavy (non-hydrogen) atoms. The number of nitrogens with zero attached hydrogens (tertiary/aromatic N) is 10. The molecule has 20 nitrogen and oxygen atoms in total. The summed E-state index contributed by atoms with van der Waals surface area (Å²) in [5.74, 6) is 2.15. The number of hydrogen-bond acceptors (Lipinski definition) is 13. The number of amides is 3. The Morgan fingerprint density at radius 3 is 1.25 bits per heavy atom. The fourth-order valence-electron chi connectivity index (χ4n) is 20.0. The van der Waals surface area contributed by atoms with E-state index in [1.165, 1.54) is 0 Å². The molecule has 0 atom stereocenters. The van der Waals surface area contributed by atoms with Gasteiger partial charge in [0.2, 0.25) is 0 Å². The number of morpholine rings is 2. The molecule has 0 spiro atoms. The molecule has 2 N–H and O–H groups in total. The zero-order chi connectivity index (χ0) is 99.1. The van der Waals surface area contributed by atoms with Gasteiger partial charge in [-0.15, -0.1) is 0 Å². The number of aromatic nitrogens is 7. The lowest BCUT2D eigenvalue weighted by molar-refractivity contribution is -0.113. The third-order valence-corrected chi connectivity index (χ3v) is 30.0. The van der Waals surface area contributed by atoms with Gasteiger partial charge < -0.3 is 43.8 Å². The summed E-state index contributed by atoms with van der Waals surface area (Å²) in [6.07, 6.45) is 5.21. The van der Waals surface area contributed by atoms with Crippen LogP contribution in [0.2, 0.25) is 30.1 Å². The van der Waals surface area contributed by atoms with Gasteiger partial charge in [-0.2, -0.15) is 15.3 Å². The summed E-state index contributed by atoms with van der Waals surface area (Å²) < 4.78 is 37.6. The molecule has 6 heterocycles. The molecule has 2 fully saturated rings. The number of anilines is 3.